The van der Waals surface area contributed by atoms with Gasteiger partial charge in [0.15, 0.2) is 11.4 Å². The number of primary amides is 1. The van der Waals surface area contributed by atoms with Gasteiger partial charge in [-0.2, -0.15) is 0 Å². The quantitative estimate of drug-likeness (QED) is 0.181. The summed E-state index contributed by atoms with van der Waals surface area (Å²) >= 11 is 0. The Balaban J connectivity index is 0.00000204. The molecule has 1 aromatic rings. The van der Waals surface area contributed by atoms with Crippen LogP contribution in [0.25, 0.3) is 11.5 Å². The predicted octanol–water partition coefficient (Wildman–Crippen LogP) is 0.961. The van der Waals surface area contributed by atoms with E-state index in [4.69, 9.17) is 11.5 Å². The number of carbonyl (C=O) groups is 3. The van der Waals surface area contributed by atoms with E-state index in [2.05, 4.69) is 0 Å². The van der Waals surface area contributed by atoms with Gasteiger partial charge in [-0.05, 0) is 44.5 Å². The van der Waals surface area contributed by atoms with Crippen molar-refractivity contribution in [2.45, 2.75) is 31.0 Å². The number of nitrogens with zero attached hydrogens (tertiary/aromatic N) is 1. The fraction of sp³-hybridized carbons (Fsp3) is 0.391. The Labute approximate surface area is 228 Å². The Hall–Kier alpha value is -1.96. The molecule has 3 aliphatic carbocycles. The number of nitrogens with two attached hydrogens (primary N) is 1. The summed E-state index contributed by atoms with van der Waals surface area (Å²) in [6.07, 6.45) is 0.218. The van der Waals surface area contributed by atoms with Crippen LogP contribution < -0.4 is 5.73 Å². The zero-order valence-corrected chi connectivity index (χ0v) is 22.7. The Morgan fingerprint density at radius 1 is 1.20 bits per heavy atom. The van der Waals surface area contributed by atoms with Gasteiger partial charge in [-0.25, -0.2) is 0 Å². The summed E-state index contributed by atoms with van der Waals surface area (Å²) in [5.74, 6) is -6.81. The molecule has 0 spiro atoms. The molecule has 1 amide bonds. The Morgan fingerprint density at radius 2 is 1.80 bits per heavy atom. The molecule has 192 valence electrons. The van der Waals surface area contributed by atoms with Gasteiger partial charge in [0.25, 0.3) is 5.91 Å². The number of ketones is 2. The van der Waals surface area contributed by atoms with E-state index in [0.717, 1.165) is 0 Å². The molecule has 1 fully saturated rings. The van der Waals surface area contributed by atoms with Gasteiger partial charge in [-0.3, -0.25) is 19.3 Å². The standard InChI is InChI=1S/C22H24N3O7.CH3.2Ru/c1-25(2)16-11-6-9-5-10-8(7-23)3-4-12(26)14(10)17(27)13(9)19(29)22(11,32)20(30)15(18(16)28)21(24)31;;;/h3-4,9,11,16,23,26-27,30,32H,5-7H2,1-2H3,(H2,24,31);1H3;;/q2*-1;2*+1/t9?,11?,16?,22-;;;/m0.../s1. The molecule has 7 N–H and O–H groups in total. The van der Waals surface area contributed by atoms with E-state index >= 15 is 0 Å². The van der Waals surface area contributed by atoms with E-state index in [-0.39, 0.29) is 82.7 Å². The SMILES string of the molecule is CN(C)C1C(=O)C(C(N)=O)=C(O)[C@@]2(O)C(=O)C3=C(O)c4c(O)ccc(C[NH-])c4CC3CC12.[CH3-].[Ru+].[Ru+]. The van der Waals surface area contributed by atoms with Crippen LogP contribution in [0.2, 0.25) is 0 Å². The van der Waals surface area contributed by atoms with Crippen molar-refractivity contribution in [3.8, 4) is 5.75 Å². The average molecular weight is 660 g/mol. The molecule has 3 unspecified atom stereocenters. The van der Waals surface area contributed by atoms with Crippen molar-refractivity contribution in [1.29, 1.82) is 0 Å². The molecule has 35 heavy (non-hydrogen) atoms. The van der Waals surface area contributed by atoms with Crippen LogP contribution in [0.4, 0.5) is 0 Å². The summed E-state index contributed by atoms with van der Waals surface area (Å²) in [4.78, 5) is 40.0. The molecule has 0 saturated heterocycles. The molecule has 4 rings (SSSR count). The maximum atomic E-state index is 13.6. The van der Waals surface area contributed by atoms with Crippen molar-refractivity contribution in [2.75, 3.05) is 14.1 Å². The van der Waals surface area contributed by atoms with Crippen LogP contribution in [-0.2, 0) is 66.3 Å². The minimum Gasteiger partial charge on any atom is -0.674 e. The van der Waals surface area contributed by atoms with Crippen LogP contribution in [0.15, 0.2) is 29.0 Å². The van der Waals surface area contributed by atoms with E-state index in [1.165, 1.54) is 11.0 Å². The fourth-order valence-electron chi connectivity index (χ4n) is 5.47. The molecule has 12 heteroatoms. The third-order valence-electron chi connectivity index (χ3n) is 6.89. The number of rotatable bonds is 3. The number of hydrogen-bond donors (Lipinski definition) is 5. The maximum absolute atomic E-state index is 13.6. The van der Waals surface area contributed by atoms with E-state index in [9.17, 15) is 34.8 Å². The molecule has 1 aromatic carbocycles. The van der Waals surface area contributed by atoms with Crippen LogP contribution in [0.5, 0.6) is 5.75 Å². The van der Waals surface area contributed by atoms with Gasteiger partial charge in [0.1, 0.15) is 22.8 Å². The van der Waals surface area contributed by atoms with Crippen LogP contribution in [0.3, 0.4) is 0 Å². The minimum absolute atomic E-state index is 0. The smallest absolute Gasteiger partial charge is 0.674 e. The average Bonchev–Trinajstić information content (AvgIpc) is 2.70. The van der Waals surface area contributed by atoms with Gasteiger partial charge in [0.05, 0.1) is 11.6 Å². The zero-order chi connectivity index (χ0) is 23.7. The number of aromatic hydroxyl groups is 1. The summed E-state index contributed by atoms with van der Waals surface area (Å²) in [5.41, 5.74) is 10.4. The van der Waals surface area contributed by atoms with Gasteiger partial charge in [0.2, 0.25) is 5.78 Å². The van der Waals surface area contributed by atoms with Crippen molar-refractivity contribution >= 4 is 23.2 Å². The van der Waals surface area contributed by atoms with Gasteiger partial charge in [-0.1, -0.05) is 11.6 Å². The van der Waals surface area contributed by atoms with Gasteiger partial charge >= 0.3 is 39.0 Å². The monoisotopic (exact) mass is 661 g/mol. The second-order valence-electron chi connectivity index (χ2n) is 8.74. The summed E-state index contributed by atoms with van der Waals surface area (Å²) in [5, 5.41) is 43.5. The van der Waals surface area contributed by atoms with E-state index in [1.54, 1.807) is 20.2 Å². The van der Waals surface area contributed by atoms with E-state index in [0.29, 0.717) is 11.1 Å². The minimum atomic E-state index is -2.65. The van der Waals surface area contributed by atoms with Crippen LogP contribution in [0, 0.1) is 19.3 Å². The van der Waals surface area contributed by atoms with E-state index < -0.39 is 58.0 Å². The molecule has 10 nitrogen and oxygen atoms in total. The molecule has 3 aliphatic rings. The molecular formula is C23H27N3O7Ru2. The van der Waals surface area contributed by atoms with E-state index in [1.807, 2.05) is 0 Å². The van der Waals surface area contributed by atoms with Crippen molar-refractivity contribution in [1.82, 2.24) is 4.90 Å². The Morgan fingerprint density at radius 3 is 2.31 bits per heavy atom. The first kappa shape index (κ1) is 31.1. The molecule has 0 bridgehead atoms. The normalized spacial score (nSPS) is 27.2. The number of amides is 1. The maximum Gasteiger partial charge on any atom is 1.00 e. The molecule has 2 radical (unpaired) electrons. The number of Topliss-reactive ketones (excluding diaryl/α,β-unsaturated/α-hetero) is 2. The molecule has 1 saturated carbocycles. The van der Waals surface area contributed by atoms with Crippen LogP contribution >= 0.6 is 0 Å². The summed E-state index contributed by atoms with van der Waals surface area (Å²) in [7, 11) is 3.09. The third-order valence-corrected chi connectivity index (χ3v) is 6.89. The van der Waals surface area contributed by atoms with Gasteiger partial charge < -0.3 is 39.3 Å². The fourth-order valence-corrected chi connectivity index (χ4v) is 5.47. The summed E-state index contributed by atoms with van der Waals surface area (Å²) < 4.78 is 0. The van der Waals surface area contributed by atoms with Crippen LogP contribution in [-0.4, -0.2) is 68.5 Å². The first-order chi connectivity index (χ1) is 15.0. The number of carbonyl (C=O) groups excluding carboxylic acids is 3. The zero-order valence-electron chi connectivity index (χ0n) is 19.3. The number of fused-ring (bicyclic) bond motifs is 3. The van der Waals surface area contributed by atoms with Crippen molar-refractivity contribution < 1.29 is 73.8 Å². The van der Waals surface area contributed by atoms with Crippen LogP contribution in [0.1, 0.15) is 23.1 Å². The largest absolute Gasteiger partial charge is 1.00 e. The van der Waals surface area contributed by atoms with Crippen molar-refractivity contribution in [3.63, 3.8) is 0 Å². The molecular weight excluding hydrogens is 632 g/mol. The topological polar surface area (TPSA) is 185 Å². The number of phenolic OH excluding ortho intramolecular Hbond substituents is 1. The molecule has 0 aromatic heterocycles. The van der Waals surface area contributed by atoms with Gasteiger partial charge in [0, 0.05) is 11.5 Å². The number of likely N-dealkylation sites (N-methyl/N-ethyl adjacent to an activating group) is 1. The summed E-state index contributed by atoms with van der Waals surface area (Å²) in [6.45, 7) is -0.108. The first-order valence-electron chi connectivity index (χ1n) is 10.1. The summed E-state index contributed by atoms with van der Waals surface area (Å²) in [6, 6.07) is 1.77. The number of aliphatic hydroxyl groups excluding tert-OH is 2. The Bertz CT molecular complexity index is 1150. The number of benzene rings is 1. The molecule has 4 atom stereocenters. The van der Waals surface area contributed by atoms with Crippen molar-refractivity contribution in [3.05, 3.63) is 58.9 Å². The number of aliphatic hydroxyl groups is 3. The second kappa shape index (κ2) is 10.6. The van der Waals surface area contributed by atoms with Crippen molar-refractivity contribution in [2.24, 2.45) is 17.6 Å². The predicted molar refractivity (Wildman–Crippen MR) is 119 cm³/mol. The number of hydrogen-bond acceptors (Lipinski definition) is 8. The second-order valence-corrected chi connectivity index (χ2v) is 8.74. The van der Waals surface area contributed by atoms with Gasteiger partial charge in [-0.15, -0.1) is 6.54 Å². The third kappa shape index (κ3) is 4.19. The first-order valence-corrected chi connectivity index (χ1v) is 10.1. The molecule has 0 aliphatic heterocycles. The Kier molecular flexibility index (Phi) is 9.38. The number of nitrogens with one attached hydrogen (secondary N) is 1. The number of phenols is 1. The molecule has 0 heterocycles.